The van der Waals surface area contributed by atoms with E-state index in [1.807, 2.05) is 18.2 Å². The molecular formula is C20H24Cl2N4S. The lowest BCUT2D eigenvalue weighted by molar-refractivity contribution is 0.262. The highest BCUT2D eigenvalue weighted by molar-refractivity contribution is 8.00. The second-order valence-corrected chi connectivity index (χ2v) is 9.07. The van der Waals surface area contributed by atoms with Crippen LogP contribution in [0.5, 0.6) is 0 Å². The standard InChI is InChI=1S/C20H24Cl2N4S/c1-14-2-5-18-19(12-14)27-20(23)26(18)11-8-24-6-9-25(10-7-24)15-3-4-16(21)17(22)13-15/h2-5,12-13,20H,6-11,23H2,1H3. The third-order valence-electron chi connectivity index (χ3n) is 5.28. The highest BCUT2D eigenvalue weighted by atomic mass is 35.5. The molecule has 0 bridgehead atoms. The summed E-state index contributed by atoms with van der Waals surface area (Å²) in [7, 11) is 0. The molecule has 0 aromatic heterocycles. The number of aryl methyl sites for hydroxylation is 1. The molecule has 2 aromatic carbocycles. The van der Waals surface area contributed by atoms with Crippen LogP contribution in [0.4, 0.5) is 11.4 Å². The molecule has 0 spiro atoms. The summed E-state index contributed by atoms with van der Waals surface area (Å²) in [5, 5.41) is 1.22. The molecule has 144 valence electrons. The van der Waals surface area contributed by atoms with E-state index in [0.717, 1.165) is 45.0 Å². The molecule has 0 aliphatic carbocycles. The van der Waals surface area contributed by atoms with Crippen molar-refractivity contribution in [3.05, 3.63) is 52.0 Å². The van der Waals surface area contributed by atoms with Crippen LogP contribution in [0.2, 0.25) is 10.0 Å². The third kappa shape index (κ3) is 4.17. The topological polar surface area (TPSA) is 35.7 Å². The first-order chi connectivity index (χ1) is 13.0. The highest BCUT2D eigenvalue weighted by Gasteiger charge is 2.28. The minimum absolute atomic E-state index is 0.0132. The lowest BCUT2D eigenvalue weighted by Crippen LogP contribution is -2.49. The maximum atomic E-state index is 6.36. The second kappa shape index (κ2) is 8.10. The van der Waals surface area contributed by atoms with Crippen molar-refractivity contribution >= 4 is 46.3 Å². The molecule has 0 radical (unpaired) electrons. The predicted octanol–water partition coefficient (Wildman–Crippen LogP) is 4.28. The largest absolute Gasteiger partial charge is 0.369 e. The van der Waals surface area contributed by atoms with Gasteiger partial charge in [-0.3, -0.25) is 4.90 Å². The summed E-state index contributed by atoms with van der Waals surface area (Å²) >= 11 is 13.9. The summed E-state index contributed by atoms with van der Waals surface area (Å²) in [6, 6.07) is 12.5. The lowest BCUT2D eigenvalue weighted by Gasteiger charge is -2.37. The summed E-state index contributed by atoms with van der Waals surface area (Å²) in [6.07, 6.45) is 0. The number of thioether (sulfide) groups is 1. The van der Waals surface area contributed by atoms with Crippen LogP contribution < -0.4 is 15.5 Å². The number of halogens is 2. The normalized spacial score (nSPS) is 20.2. The van der Waals surface area contributed by atoms with Gasteiger partial charge in [-0.25, -0.2) is 0 Å². The smallest absolute Gasteiger partial charge is 0.130 e. The number of anilines is 2. The monoisotopic (exact) mass is 422 g/mol. The fourth-order valence-electron chi connectivity index (χ4n) is 3.69. The Morgan fingerprint density at radius 1 is 1.00 bits per heavy atom. The molecule has 0 amide bonds. The third-order valence-corrected chi connectivity index (χ3v) is 7.09. The van der Waals surface area contributed by atoms with Crippen LogP contribution in [0.3, 0.4) is 0 Å². The number of rotatable bonds is 4. The molecule has 2 heterocycles. The van der Waals surface area contributed by atoms with Crippen molar-refractivity contribution in [2.75, 3.05) is 49.1 Å². The first kappa shape index (κ1) is 19.2. The van der Waals surface area contributed by atoms with Crippen molar-refractivity contribution in [1.29, 1.82) is 0 Å². The summed E-state index contributed by atoms with van der Waals surface area (Å²) < 4.78 is 0. The SMILES string of the molecule is Cc1ccc2c(c1)SC(N)N2CCN1CCN(c2ccc(Cl)c(Cl)c2)CC1. The molecule has 2 aromatic rings. The molecule has 2 aliphatic rings. The number of hydrogen-bond acceptors (Lipinski definition) is 5. The maximum absolute atomic E-state index is 6.36. The van der Waals surface area contributed by atoms with Crippen LogP contribution in [-0.4, -0.2) is 49.7 Å². The van der Waals surface area contributed by atoms with Crippen molar-refractivity contribution in [3.8, 4) is 0 Å². The van der Waals surface area contributed by atoms with E-state index in [-0.39, 0.29) is 5.50 Å². The summed E-state index contributed by atoms with van der Waals surface area (Å²) in [6.45, 7) is 8.17. The Hall–Kier alpha value is -1.11. The Bertz CT molecular complexity index is 824. The first-order valence-electron chi connectivity index (χ1n) is 9.23. The van der Waals surface area contributed by atoms with E-state index in [4.69, 9.17) is 28.9 Å². The van der Waals surface area contributed by atoms with Gasteiger partial charge in [-0.2, -0.15) is 0 Å². The number of benzene rings is 2. The summed E-state index contributed by atoms with van der Waals surface area (Å²) in [4.78, 5) is 8.50. The van der Waals surface area contributed by atoms with Crippen LogP contribution in [0.15, 0.2) is 41.3 Å². The van der Waals surface area contributed by atoms with Gasteiger partial charge in [0.25, 0.3) is 0 Å². The lowest BCUT2D eigenvalue weighted by atomic mass is 10.2. The Morgan fingerprint density at radius 2 is 1.78 bits per heavy atom. The zero-order valence-corrected chi connectivity index (χ0v) is 17.7. The van der Waals surface area contributed by atoms with E-state index in [9.17, 15) is 0 Å². The minimum atomic E-state index is 0.0132. The highest BCUT2D eigenvalue weighted by Crippen LogP contribution is 2.41. The minimum Gasteiger partial charge on any atom is -0.369 e. The molecule has 1 fully saturated rings. The number of hydrogen-bond donors (Lipinski definition) is 1. The van der Waals surface area contributed by atoms with Gasteiger partial charge in [0.15, 0.2) is 0 Å². The van der Waals surface area contributed by atoms with Crippen LogP contribution in [0, 0.1) is 6.92 Å². The van der Waals surface area contributed by atoms with Gasteiger partial charge in [-0.1, -0.05) is 41.0 Å². The van der Waals surface area contributed by atoms with E-state index in [1.165, 1.54) is 16.1 Å². The van der Waals surface area contributed by atoms with E-state index < -0.39 is 0 Å². The van der Waals surface area contributed by atoms with Crippen LogP contribution in [0.1, 0.15) is 5.56 Å². The zero-order valence-electron chi connectivity index (χ0n) is 15.4. The van der Waals surface area contributed by atoms with Gasteiger partial charge in [-0.15, -0.1) is 0 Å². The van der Waals surface area contributed by atoms with E-state index >= 15 is 0 Å². The van der Waals surface area contributed by atoms with Crippen LogP contribution in [0.25, 0.3) is 0 Å². The van der Waals surface area contributed by atoms with Gasteiger partial charge in [0, 0.05) is 49.9 Å². The van der Waals surface area contributed by atoms with Crippen molar-refractivity contribution < 1.29 is 0 Å². The van der Waals surface area contributed by atoms with Gasteiger partial charge in [0.05, 0.1) is 15.7 Å². The Kier molecular flexibility index (Phi) is 5.76. The zero-order chi connectivity index (χ0) is 19.0. The molecule has 1 saturated heterocycles. The summed E-state index contributed by atoms with van der Waals surface area (Å²) in [5.41, 5.74) is 10.1. The van der Waals surface area contributed by atoms with Crippen LogP contribution in [-0.2, 0) is 0 Å². The maximum Gasteiger partial charge on any atom is 0.130 e. The van der Waals surface area contributed by atoms with Gasteiger partial charge in [0.2, 0.25) is 0 Å². The number of fused-ring (bicyclic) bond motifs is 1. The van der Waals surface area contributed by atoms with Gasteiger partial charge in [0.1, 0.15) is 5.50 Å². The van der Waals surface area contributed by atoms with E-state index in [0.29, 0.717) is 10.0 Å². The average molecular weight is 423 g/mol. The molecule has 4 rings (SSSR count). The number of piperazine rings is 1. The fraction of sp³-hybridized carbons (Fsp3) is 0.400. The predicted molar refractivity (Wildman–Crippen MR) is 117 cm³/mol. The second-order valence-electron chi connectivity index (χ2n) is 7.10. The average Bonchev–Trinajstić information content (AvgIpc) is 2.97. The molecule has 2 N–H and O–H groups in total. The van der Waals surface area contributed by atoms with Crippen molar-refractivity contribution in [2.45, 2.75) is 17.3 Å². The Morgan fingerprint density at radius 3 is 2.52 bits per heavy atom. The van der Waals surface area contributed by atoms with Crippen molar-refractivity contribution in [2.24, 2.45) is 5.73 Å². The number of nitrogens with two attached hydrogens (primary N) is 1. The number of nitrogens with zero attached hydrogens (tertiary/aromatic N) is 3. The molecule has 4 nitrogen and oxygen atoms in total. The van der Waals surface area contributed by atoms with Gasteiger partial charge in [-0.05, 0) is 42.8 Å². The fourth-order valence-corrected chi connectivity index (χ4v) is 5.15. The van der Waals surface area contributed by atoms with Gasteiger partial charge >= 0.3 is 0 Å². The molecule has 1 atom stereocenters. The molecule has 0 saturated carbocycles. The van der Waals surface area contributed by atoms with Gasteiger partial charge < -0.3 is 15.5 Å². The van der Waals surface area contributed by atoms with E-state index in [1.54, 1.807) is 11.8 Å². The van der Waals surface area contributed by atoms with E-state index in [2.05, 4.69) is 39.8 Å². The molecular weight excluding hydrogens is 399 g/mol. The molecule has 2 aliphatic heterocycles. The molecule has 27 heavy (non-hydrogen) atoms. The Labute approximate surface area is 175 Å². The molecule has 7 heteroatoms. The van der Waals surface area contributed by atoms with Crippen molar-refractivity contribution in [1.82, 2.24) is 4.90 Å². The molecule has 1 unspecified atom stereocenters. The van der Waals surface area contributed by atoms with Crippen LogP contribution >= 0.6 is 35.0 Å². The first-order valence-corrected chi connectivity index (χ1v) is 10.9. The van der Waals surface area contributed by atoms with Crippen molar-refractivity contribution in [3.63, 3.8) is 0 Å². The Balaban J connectivity index is 1.32. The summed E-state index contributed by atoms with van der Waals surface area (Å²) in [5.74, 6) is 0. The quantitative estimate of drug-likeness (QED) is 0.795.